The number of aromatic nitrogens is 2. The van der Waals surface area contributed by atoms with Gasteiger partial charge in [-0.05, 0) is 19.9 Å². The molecule has 0 saturated carbocycles. The quantitative estimate of drug-likeness (QED) is 0.833. The highest BCUT2D eigenvalue weighted by atomic mass is 16.5. The molecule has 23 heavy (non-hydrogen) atoms. The molecule has 2 aromatic rings. The molecule has 6 heteroatoms. The Kier molecular flexibility index (Phi) is 4.17. The number of hydrogen-bond acceptors (Lipinski definition) is 4. The maximum atomic E-state index is 12.7. The first-order valence-electron chi connectivity index (χ1n) is 7.83. The number of hydrogen-bond donors (Lipinski definition) is 0. The van der Waals surface area contributed by atoms with Crippen LogP contribution in [0.15, 0.2) is 29.1 Å². The Labute approximate surface area is 134 Å². The Morgan fingerprint density at radius 3 is 2.74 bits per heavy atom. The molecule has 1 aromatic heterocycles. The lowest BCUT2D eigenvalue weighted by molar-refractivity contribution is -0.142. The molecule has 2 atom stereocenters. The molecule has 0 unspecified atom stereocenters. The van der Waals surface area contributed by atoms with E-state index >= 15 is 0 Å². The predicted octanol–water partition coefficient (Wildman–Crippen LogP) is 1.11. The highest BCUT2D eigenvalue weighted by Gasteiger charge is 2.28. The van der Waals surface area contributed by atoms with Crippen LogP contribution in [0.2, 0.25) is 0 Å². The first-order chi connectivity index (χ1) is 11.0. The average molecular weight is 315 g/mol. The third-order valence-corrected chi connectivity index (χ3v) is 4.28. The highest BCUT2D eigenvalue weighted by Crippen LogP contribution is 2.17. The molecule has 6 nitrogen and oxygen atoms in total. The van der Waals surface area contributed by atoms with Gasteiger partial charge in [-0.25, -0.2) is 4.68 Å². The van der Waals surface area contributed by atoms with E-state index in [0.29, 0.717) is 24.2 Å². The van der Waals surface area contributed by atoms with Gasteiger partial charge < -0.3 is 9.64 Å². The zero-order valence-corrected chi connectivity index (χ0v) is 13.7. The summed E-state index contributed by atoms with van der Waals surface area (Å²) >= 11 is 0. The van der Waals surface area contributed by atoms with E-state index in [1.54, 1.807) is 13.1 Å². The van der Waals surface area contributed by atoms with Crippen LogP contribution in [0.1, 0.15) is 19.5 Å². The maximum absolute atomic E-state index is 12.7. The van der Waals surface area contributed by atoms with Crippen LogP contribution in [-0.2, 0) is 23.0 Å². The second-order valence-electron chi connectivity index (χ2n) is 6.14. The molecule has 0 spiro atoms. The molecular formula is C17H21N3O3. The number of benzene rings is 1. The average Bonchev–Trinajstić information content (AvgIpc) is 2.54. The predicted molar refractivity (Wildman–Crippen MR) is 87.3 cm³/mol. The van der Waals surface area contributed by atoms with Crippen LogP contribution in [0.5, 0.6) is 0 Å². The lowest BCUT2D eigenvalue weighted by Gasteiger charge is -2.36. The molecule has 1 amide bonds. The maximum Gasteiger partial charge on any atom is 0.274 e. The molecule has 1 aliphatic rings. The molecule has 0 radical (unpaired) electrons. The summed E-state index contributed by atoms with van der Waals surface area (Å²) in [4.78, 5) is 26.7. The fourth-order valence-electron chi connectivity index (χ4n) is 3.00. The first-order valence-corrected chi connectivity index (χ1v) is 7.83. The van der Waals surface area contributed by atoms with Crippen LogP contribution >= 0.6 is 0 Å². The van der Waals surface area contributed by atoms with Gasteiger partial charge in [0, 0.05) is 19.0 Å². The summed E-state index contributed by atoms with van der Waals surface area (Å²) in [6.45, 7) is 5.08. The van der Waals surface area contributed by atoms with Gasteiger partial charge in [0.15, 0.2) is 0 Å². The third kappa shape index (κ3) is 2.99. The van der Waals surface area contributed by atoms with E-state index in [1.165, 1.54) is 4.68 Å². The van der Waals surface area contributed by atoms with E-state index in [0.717, 1.165) is 5.39 Å². The van der Waals surface area contributed by atoms with Gasteiger partial charge in [-0.1, -0.05) is 18.2 Å². The standard InChI is InChI=1S/C17H21N3O3/c1-11-10-23-12(2)9-20(11)16(21)8-15-13-6-4-5-7-14(13)17(22)19(3)18-15/h4-7,11-12H,8-10H2,1-3H3/t11-,12+/m0/s1. The number of aryl methyl sites for hydroxylation is 1. The van der Waals surface area contributed by atoms with Gasteiger partial charge in [0.25, 0.3) is 5.56 Å². The molecule has 2 heterocycles. The van der Waals surface area contributed by atoms with Crippen molar-refractivity contribution in [2.24, 2.45) is 7.05 Å². The van der Waals surface area contributed by atoms with Crippen molar-refractivity contribution in [2.75, 3.05) is 13.2 Å². The van der Waals surface area contributed by atoms with Crippen molar-refractivity contribution in [3.05, 3.63) is 40.3 Å². The van der Waals surface area contributed by atoms with Crippen molar-refractivity contribution in [3.63, 3.8) is 0 Å². The highest BCUT2D eigenvalue weighted by molar-refractivity contribution is 5.88. The summed E-state index contributed by atoms with van der Waals surface area (Å²) in [6.07, 6.45) is 0.228. The van der Waals surface area contributed by atoms with Crippen LogP contribution in [-0.4, -0.2) is 45.9 Å². The second-order valence-corrected chi connectivity index (χ2v) is 6.14. The van der Waals surface area contributed by atoms with Crippen molar-refractivity contribution >= 4 is 16.7 Å². The van der Waals surface area contributed by atoms with Gasteiger partial charge in [-0.2, -0.15) is 5.10 Å². The van der Waals surface area contributed by atoms with Crippen LogP contribution in [0, 0.1) is 0 Å². The van der Waals surface area contributed by atoms with Crippen molar-refractivity contribution in [1.29, 1.82) is 0 Å². The topological polar surface area (TPSA) is 64.4 Å². The largest absolute Gasteiger partial charge is 0.375 e. The molecule has 1 aromatic carbocycles. The van der Waals surface area contributed by atoms with Gasteiger partial charge in [0.2, 0.25) is 5.91 Å². The van der Waals surface area contributed by atoms with Gasteiger partial charge in [-0.3, -0.25) is 9.59 Å². The SMILES string of the molecule is C[C@@H]1CN(C(=O)Cc2nn(C)c(=O)c3ccccc23)[C@@H](C)CO1. The summed E-state index contributed by atoms with van der Waals surface area (Å²) in [6, 6.07) is 7.35. The molecule has 3 rings (SSSR count). The van der Waals surface area contributed by atoms with Crippen LogP contribution < -0.4 is 5.56 Å². The molecule has 1 aliphatic heterocycles. The summed E-state index contributed by atoms with van der Waals surface area (Å²) in [7, 11) is 1.61. The third-order valence-electron chi connectivity index (χ3n) is 4.28. The van der Waals surface area contributed by atoms with Gasteiger partial charge in [0.05, 0.1) is 36.3 Å². The molecule has 0 aliphatic carbocycles. The number of morpholine rings is 1. The minimum absolute atomic E-state index is 0.0175. The smallest absolute Gasteiger partial charge is 0.274 e. The monoisotopic (exact) mass is 315 g/mol. The summed E-state index contributed by atoms with van der Waals surface area (Å²) in [5.41, 5.74) is 0.490. The number of fused-ring (bicyclic) bond motifs is 1. The van der Waals surface area contributed by atoms with Crippen molar-refractivity contribution in [1.82, 2.24) is 14.7 Å². The number of carbonyl (C=O) groups is 1. The summed E-state index contributed by atoms with van der Waals surface area (Å²) in [5, 5.41) is 5.65. The van der Waals surface area contributed by atoms with Crippen molar-refractivity contribution in [3.8, 4) is 0 Å². The normalized spacial score (nSPS) is 21.6. The molecular weight excluding hydrogens is 294 g/mol. The summed E-state index contributed by atoms with van der Waals surface area (Å²) < 4.78 is 6.87. The Balaban J connectivity index is 1.94. The van der Waals surface area contributed by atoms with Crippen molar-refractivity contribution in [2.45, 2.75) is 32.4 Å². The zero-order chi connectivity index (χ0) is 16.6. The van der Waals surface area contributed by atoms with E-state index in [-0.39, 0.29) is 30.0 Å². The summed E-state index contributed by atoms with van der Waals surface area (Å²) in [5.74, 6) is 0.0175. The zero-order valence-electron chi connectivity index (χ0n) is 13.7. The molecule has 0 bridgehead atoms. The Morgan fingerprint density at radius 2 is 2.00 bits per heavy atom. The Morgan fingerprint density at radius 1 is 1.30 bits per heavy atom. The van der Waals surface area contributed by atoms with Crippen molar-refractivity contribution < 1.29 is 9.53 Å². The van der Waals surface area contributed by atoms with Crippen LogP contribution in [0.25, 0.3) is 10.8 Å². The minimum Gasteiger partial charge on any atom is -0.375 e. The minimum atomic E-state index is -0.148. The lowest BCUT2D eigenvalue weighted by Crippen LogP contribution is -2.50. The number of nitrogens with zero attached hydrogens (tertiary/aromatic N) is 3. The number of ether oxygens (including phenoxy) is 1. The number of rotatable bonds is 2. The van der Waals surface area contributed by atoms with Crippen LogP contribution in [0.4, 0.5) is 0 Å². The second kappa shape index (κ2) is 6.12. The Hall–Kier alpha value is -2.21. The number of amides is 1. The van der Waals surface area contributed by atoms with Crippen LogP contribution in [0.3, 0.4) is 0 Å². The lowest BCUT2D eigenvalue weighted by atomic mass is 10.1. The van der Waals surface area contributed by atoms with E-state index in [4.69, 9.17) is 4.74 Å². The van der Waals surface area contributed by atoms with E-state index in [1.807, 2.05) is 36.9 Å². The van der Waals surface area contributed by atoms with E-state index in [2.05, 4.69) is 5.10 Å². The fourth-order valence-corrected chi connectivity index (χ4v) is 3.00. The first kappa shape index (κ1) is 15.7. The van der Waals surface area contributed by atoms with Gasteiger partial charge >= 0.3 is 0 Å². The van der Waals surface area contributed by atoms with Gasteiger partial charge in [-0.15, -0.1) is 0 Å². The molecule has 122 valence electrons. The molecule has 0 N–H and O–H groups in total. The number of carbonyl (C=O) groups excluding carboxylic acids is 1. The van der Waals surface area contributed by atoms with Gasteiger partial charge in [0.1, 0.15) is 0 Å². The molecule has 1 saturated heterocycles. The fraction of sp³-hybridized carbons (Fsp3) is 0.471. The Bertz CT molecular complexity index is 799. The van der Waals surface area contributed by atoms with E-state index in [9.17, 15) is 9.59 Å². The molecule has 1 fully saturated rings. The van der Waals surface area contributed by atoms with E-state index < -0.39 is 0 Å².